The van der Waals surface area contributed by atoms with Crippen molar-refractivity contribution in [1.29, 1.82) is 0 Å². The number of ether oxygens (including phenoxy) is 2. The monoisotopic (exact) mass is 514 g/mol. The van der Waals surface area contributed by atoms with Gasteiger partial charge in [-0.1, -0.05) is 35.3 Å². The second-order valence-electron chi connectivity index (χ2n) is 9.78. The number of carbonyl (C=O) groups excluding carboxylic acids is 1. The van der Waals surface area contributed by atoms with Crippen LogP contribution in [0.4, 0.5) is 0 Å². The molecule has 0 aliphatic carbocycles. The number of benzene rings is 2. The van der Waals surface area contributed by atoms with Crippen LogP contribution in [0.3, 0.4) is 0 Å². The van der Waals surface area contributed by atoms with Crippen molar-refractivity contribution in [2.24, 2.45) is 0 Å². The molecule has 0 saturated heterocycles. The first-order valence-electron chi connectivity index (χ1n) is 11.2. The average molecular weight is 515 g/mol. The third-order valence-corrected chi connectivity index (χ3v) is 6.47. The molecular weight excluding hydrogens is 487 g/mol. The highest BCUT2D eigenvalue weighted by Gasteiger charge is 2.38. The molecule has 8 heteroatoms. The van der Waals surface area contributed by atoms with Gasteiger partial charge in [0.05, 0.1) is 23.9 Å². The number of methoxy groups -OCH3 is 1. The molecule has 2 aromatic carbocycles. The lowest BCUT2D eigenvalue weighted by atomic mass is 9.88. The fourth-order valence-corrected chi connectivity index (χ4v) is 4.47. The number of rotatable bonds is 5. The first kappa shape index (κ1) is 25.3. The minimum absolute atomic E-state index is 0.405. The third kappa shape index (κ3) is 5.40. The van der Waals surface area contributed by atoms with Crippen molar-refractivity contribution in [2.75, 3.05) is 7.11 Å². The highest BCUT2D eigenvalue weighted by atomic mass is 35.5. The summed E-state index contributed by atoms with van der Waals surface area (Å²) >= 11 is 12.8. The Hall–Kier alpha value is -2.80. The molecule has 184 valence electrons. The molecule has 0 radical (unpaired) electrons. The van der Waals surface area contributed by atoms with Crippen LogP contribution in [0.15, 0.2) is 48.5 Å². The van der Waals surface area contributed by atoms with Crippen LogP contribution in [0.2, 0.25) is 10.0 Å². The summed E-state index contributed by atoms with van der Waals surface area (Å²) < 4.78 is 11.6. The van der Waals surface area contributed by atoms with Gasteiger partial charge in [-0.25, -0.2) is 4.98 Å². The Morgan fingerprint density at radius 1 is 1.14 bits per heavy atom. The van der Waals surface area contributed by atoms with E-state index < -0.39 is 23.2 Å². The topological polar surface area (TPSA) is 80.7 Å². The minimum Gasteiger partial charge on any atom is -0.497 e. The molecule has 2 heterocycles. The maximum atomic E-state index is 12.7. The predicted octanol–water partition coefficient (Wildman–Crippen LogP) is 6.22. The van der Waals surface area contributed by atoms with Gasteiger partial charge in [-0.15, -0.1) is 0 Å². The molecule has 4 rings (SSSR count). The summed E-state index contributed by atoms with van der Waals surface area (Å²) in [5, 5.41) is 14.3. The van der Waals surface area contributed by atoms with Crippen LogP contribution in [0.1, 0.15) is 45.7 Å². The van der Waals surface area contributed by atoms with Gasteiger partial charge < -0.3 is 19.9 Å². The number of fused-ring (bicyclic) bond motifs is 1. The third-order valence-electron chi connectivity index (χ3n) is 5.91. The van der Waals surface area contributed by atoms with E-state index in [-0.39, 0.29) is 0 Å². The van der Waals surface area contributed by atoms with Crippen molar-refractivity contribution < 1.29 is 19.4 Å². The van der Waals surface area contributed by atoms with Crippen molar-refractivity contribution in [3.8, 4) is 34.0 Å². The lowest BCUT2D eigenvalue weighted by molar-refractivity contribution is -0.137. The van der Waals surface area contributed by atoms with E-state index in [1.165, 1.54) is 13.8 Å². The number of amides is 1. The molecule has 0 fully saturated rings. The molecule has 35 heavy (non-hydrogen) atoms. The first-order chi connectivity index (χ1) is 16.4. The number of carbonyl (C=O) groups is 1. The van der Waals surface area contributed by atoms with Crippen molar-refractivity contribution in [2.45, 2.75) is 51.4 Å². The molecular formula is C27H28Cl2N2O4. The number of hydrogen-bond donors (Lipinski definition) is 2. The Morgan fingerprint density at radius 2 is 1.83 bits per heavy atom. The highest BCUT2D eigenvalue weighted by molar-refractivity contribution is 6.33. The summed E-state index contributed by atoms with van der Waals surface area (Å²) in [5.74, 6) is 0.569. The maximum Gasteiger partial charge on any atom is 0.251 e. The van der Waals surface area contributed by atoms with Crippen LogP contribution >= 0.6 is 23.2 Å². The number of nitrogens with one attached hydrogen (secondary N) is 1. The van der Waals surface area contributed by atoms with Gasteiger partial charge in [0.2, 0.25) is 5.88 Å². The van der Waals surface area contributed by atoms with Gasteiger partial charge in [-0.05, 0) is 69.7 Å². The molecule has 3 aromatic rings. The SMILES string of the molecule is COc1ccc(-c2nc3c(cc2-c2ccc(Cl)cc2)C(NC(=O)C(C)(C)O)CC(C)(C)O3)c(Cl)c1. The Labute approximate surface area is 215 Å². The Balaban J connectivity index is 1.93. The normalized spacial score (nSPS) is 16.7. The average Bonchev–Trinajstić information content (AvgIpc) is 2.77. The van der Waals surface area contributed by atoms with Gasteiger partial charge in [-0.2, -0.15) is 0 Å². The molecule has 6 nitrogen and oxygen atoms in total. The van der Waals surface area contributed by atoms with Crippen LogP contribution in [0, 0.1) is 0 Å². The van der Waals surface area contributed by atoms with Crippen molar-refractivity contribution in [3.63, 3.8) is 0 Å². The van der Waals surface area contributed by atoms with Gasteiger partial charge in [0.25, 0.3) is 5.91 Å². The molecule has 0 spiro atoms. The molecule has 1 atom stereocenters. The number of nitrogens with zero attached hydrogens (tertiary/aromatic N) is 1. The van der Waals surface area contributed by atoms with Crippen molar-refractivity contribution in [1.82, 2.24) is 10.3 Å². The van der Waals surface area contributed by atoms with E-state index in [9.17, 15) is 9.90 Å². The van der Waals surface area contributed by atoms with E-state index in [4.69, 9.17) is 37.7 Å². The zero-order chi connectivity index (χ0) is 25.5. The number of pyridine rings is 1. The second kappa shape index (κ2) is 9.34. The largest absolute Gasteiger partial charge is 0.497 e. The van der Waals surface area contributed by atoms with Crippen LogP contribution < -0.4 is 14.8 Å². The smallest absolute Gasteiger partial charge is 0.251 e. The van der Waals surface area contributed by atoms with Crippen molar-refractivity contribution in [3.05, 3.63) is 64.1 Å². The highest BCUT2D eigenvalue weighted by Crippen LogP contribution is 2.45. The van der Waals surface area contributed by atoms with E-state index in [0.29, 0.717) is 39.4 Å². The predicted molar refractivity (Wildman–Crippen MR) is 138 cm³/mol. The van der Waals surface area contributed by atoms with E-state index in [1.54, 1.807) is 13.2 Å². The molecule has 2 N–H and O–H groups in total. The summed E-state index contributed by atoms with van der Waals surface area (Å²) in [7, 11) is 1.58. The van der Waals surface area contributed by atoms with E-state index in [1.807, 2.05) is 56.3 Å². The van der Waals surface area contributed by atoms with Crippen LogP contribution in [0.25, 0.3) is 22.4 Å². The molecule has 1 aliphatic heterocycles. The molecule has 1 aliphatic rings. The number of aliphatic hydroxyl groups is 1. The molecule has 1 aromatic heterocycles. The Kier molecular flexibility index (Phi) is 6.75. The van der Waals surface area contributed by atoms with Crippen LogP contribution in [0.5, 0.6) is 11.6 Å². The van der Waals surface area contributed by atoms with Gasteiger partial charge >= 0.3 is 0 Å². The maximum absolute atomic E-state index is 12.7. The lowest BCUT2D eigenvalue weighted by Crippen LogP contribution is -2.47. The number of aromatic nitrogens is 1. The van der Waals surface area contributed by atoms with Gasteiger partial charge in [0.15, 0.2) is 0 Å². The first-order valence-corrected chi connectivity index (χ1v) is 12.0. The number of halogens is 2. The van der Waals surface area contributed by atoms with Gasteiger partial charge in [0.1, 0.15) is 17.0 Å². The Morgan fingerprint density at radius 3 is 2.43 bits per heavy atom. The van der Waals surface area contributed by atoms with Crippen LogP contribution in [-0.4, -0.2) is 34.3 Å². The molecule has 1 unspecified atom stereocenters. The Bertz CT molecular complexity index is 1270. The van der Waals surface area contributed by atoms with Gasteiger partial charge in [-0.3, -0.25) is 4.79 Å². The van der Waals surface area contributed by atoms with E-state index in [2.05, 4.69) is 5.32 Å². The lowest BCUT2D eigenvalue weighted by Gasteiger charge is -2.38. The fraction of sp³-hybridized carbons (Fsp3) is 0.333. The summed E-state index contributed by atoms with van der Waals surface area (Å²) in [6, 6.07) is 14.4. The number of hydrogen-bond acceptors (Lipinski definition) is 5. The second-order valence-corrected chi connectivity index (χ2v) is 10.6. The van der Waals surface area contributed by atoms with Gasteiger partial charge in [0, 0.05) is 28.1 Å². The standard InChI is InChI=1S/C27H28Cl2N2O4/c1-26(2)14-22(30-25(32)27(3,4)33)20-13-19(15-6-8-16(28)9-7-15)23(31-24(20)35-26)18-11-10-17(34-5)12-21(18)29/h6-13,22,33H,14H2,1-5H3,(H,30,32). The summed E-state index contributed by atoms with van der Waals surface area (Å²) in [4.78, 5) is 17.6. The van der Waals surface area contributed by atoms with E-state index in [0.717, 1.165) is 16.7 Å². The van der Waals surface area contributed by atoms with E-state index >= 15 is 0 Å². The van der Waals surface area contributed by atoms with Crippen LogP contribution in [-0.2, 0) is 4.79 Å². The summed E-state index contributed by atoms with van der Waals surface area (Å²) in [5.41, 5.74) is 1.63. The molecule has 0 bridgehead atoms. The minimum atomic E-state index is -1.52. The zero-order valence-electron chi connectivity index (χ0n) is 20.3. The quantitative estimate of drug-likeness (QED) is 0.422. The summed E-state index contributed by atoms with van der Waals surface area (Å²) in [6.45, 7) is 6.79. The zero-order valence-corrected chi connectivity index (χ0v) is 21.8. The molecule has 0 saturated carbocycles. The summed E-state index contributed by atoms with van der Waals surface area (Å²) in [6.07, 6.45) is 0.506. The fourth-order valence-electron chi connectivity index (χ4n) is 4.08. The van der Waals surface area contributed by atoms with Crippen molar-refractivity contribution >= 4 is 29.1 Å². The molecule has 1 amide bonds.